The molecule has 0 saturated heterocycles. The van der Waals surface area contributed by atoms with Crippen molar-refractivity contribution in [1.29, 1.82) is 0 Å². The van der Waals surface area contributed by atoms with Crippen LogP contribution in [0.5, 0.6) is 0 Å². The van der Waals surface area contributed by atoms with E-state index >= 15 is 0 Å². The minimum atomic E-state index is -0.859. The maximum absolute atomic E-state index is 12.0. The molecule has 6 nitrogen and oxygen atoms in total. The predicted octanol–water partition coefficient (Wildman–Crippen LogP) is 2.89. The number of esters is 1. The summed E-state index contributed by atoms with van der Waals surface area (Å²) in [6.07, 6.45) is 0. The minimum absolute atomic E-state index is 0.176. The normalized spacial score (nSPS) is 11.9. The third-order valence-corrected chi connectivity index (χ3v) is 4.57. The van der Waals surface area contributed by atoms with Gasteiger partial charge in [0, 0.05) is 10.9 Å². The number of thiophene rings is 1. The average Bonchev–Trinajstić information content (AvgIpc) is 3.14. The van der Waals surface area contributed by atoms with Crippen LogP contribution in [0.25, 0.3) is 11.0 Å². The van der Waals surface area contributed by atoms with Crippen molar-refractivity contribution in [3.8, 4) is 0 Å². The van der Waals surface area contributed by atoms with Crippen molar-refractivity contribution in [1.82, 2.24) is 5.32 Å². The van der Waals surface area contributed by atoms with Crippen LogP contribution in [-0.4, -0.2) is 18.5 Å². The second-order valence-electron chi connectivity index (χ2n) is 5.35. The molecule has 0 fully saturated rings. The maximum Gasteiger partial charge on any atom is 0.374 e. The van der Waals surface area contributed by atoms with Gasteiger partial charge in [-0.05, 0) is 30.5 Å². The molecule has 0 aliphatic rings. The Hall–Kier alpha value is -2.93. The molecule has 25 heavy (non-hydrogen) atoms. The summed E-state index contributed by atoms with van der Waals surface area (Å²) in [5.41, 5.74) is -0.0534. The molecule has 0 aliphatic heterocycles. The topological polar surface area (TPSA) is 85.6 Å². The molecule has 7 heteroatoms. The van der Waals surface area contributed by atoms with E-state index < -0.39 is 18.5 Å². The van der Waals surface area contributed by atoms with E-state index in [4.69, 9.17) is 9.15 Å². The molecule has 1 N–H and O–H groups in total. The van der Waals surface area contributed by atoms with Gasteiger partial charge < -0.3 is 14.5 Å². The SMILES string of the molecule is C[C@H](NC(=O)COC(=O)c1cc(=O)c2ccccc2o1)c1cccs1. The van der Waals surface area contributed by atoms with Gasteiger partial charge in [-0.25, -0.2) is 4.79 Å². The summed E-state index contributed by atoms with van der Waals surface area (Å²) in [7, 11) is 0. The Morgan fingerprint density at radius 3 is 2.80 bits per heavy atom. The molecule has 2 heterocycles. The summed E-state index contributed by atoms with van der Waals surface area (Å²) >= 11 is 1.52. The van der Waals surface area contributed by atoms with Crippen LogP contribution in [-0.2, 0) is 9.53 Å². The summed E-state index contributed by atoms with van der Waals surface area (Å²) in [6, 6.07) is 11.3. The van der Waals surface area contributed by atoms with Gasteiger partial charge in [0.2, 0.25) is 5.76 Å². The number of amides is 1. The van der Waals surface area contributed by atoms with E-state index in [2.05, 4.69) is 5.32 Å². The smallest absolute Gasteiger partial charge is 0.374 e. The lowest BCUT2D eigenvalue weighted by molar-refractivity contribution is -0.124. The van der Waals surface area contributed by atoms with E-state index in [0.29, 0.717) is 5.39 Å². The number of nitrogens with one attached hydrogen (secondary N) is 1. The largest absolute Gasteiger partial charge is 0.450 e. The molecular weight excluding hydrogens is 342 g/mol. The Morgan fingerprint density at radius 1 is 1.24 bits per heavy atom. The number of hydrogen-bond donors (Lipinski definition) is 1. The lowest BCUT2D eigenvalue weighted by atomic mass is 10.2. The number of benzene rings is 1. The van der Waals surface area contributed by atoms with Crippen LogP contribution < -0.4 is 10.7 Å². The monoisotopic (exact) mass is 357 g/mol. The summed E-state index contributed by atoms with van der Waals surface area (Å²) in [5.74, 6) is -1.53. The van der Waals surface area contributed by atoms with E-state index in [1.165, 1.54) is 11.3 Å². The van der Waals surface area contributed by atoms with Crippen LogP contribution in [0.4, 0.5) is 0 Å². The fourth-order valence-corrected chi connectivity index (χ4v) is 3.03. The zero-order valence-electron chi connectivity index (χ0n) is 13.4. The molecular formula is C18H15NO5S. The third kappa shape index (κ3) is 3.95. The number of fused-ring (bicyclic) bond motifs is 1. The zero-order chi connectivity index (χ0) is 17.8. The highest BCUT2D eigenvalue weighted by Crippen LogP contribution is 2.18. The first-order valence-corrected chi connectivity index (χ1v) is 8.45. The van der Waals surface area contributed by atoms with E-state index in [1.807, 2.05) is 24.4 Å². The first-order chi connectivity index (χ1) is 12.0. The standard InChI is InChI=1S/C18H15NO5S/c1-11(16-7-4-8-25-16)19-17(21)10-23-18(22)15-9-13(20)12-5-2-3-6-14(12)24-15/h2-9,11H,10H2,1H3,(H,19,21)/t11-/m0/s1. The maximum atomic E-state index is 12.0. The van der Waals surface area contributed by atoms with Crippen LogP contribution in [0, 0.1) is 0 Å². The van der Waals surface area contributed by atoms with E-state index in [1.54, 1.807) is 24.3 Å². The van der Waals surface area contributed by atoms with Gasteiger partial charge in [-0.3, -0.25) is 9.59 Å². The molecule has 128 valence electrons. The Kier molecular flexibility index (Phi) is 4.95. The molecule has 0 unspecified atom stereocenters. The van der Waals surface area contributed by atoms with Gasteiger partial charge >= 0.3 is 5.97 Å². The lowest BCUT2D eigenvalue weighted by Crippen LogP contribution is -2.30. The molecule has 3 rings (SSSR count). The van der Waals surface area contributed by atoms with Gasteiger partial charge in [0.25, 0.3) is 5.91 Å². The first-order valence-electron chi connectivity index (χ1n) is 7.57. The Morgan fingerprint density at radius 2 is 2.04 bits per heavy atom. The highest BCUT2D eigenvalue weighted by molar-refractivity contribution is 7.10. The Labute approximate surface area is 147 Å². The van der Waals surface area contributed by atoms with Gasteiger partial charge in [-0.15, -0.1) is 11.3 Å². The van der Waals surface area contributed by atoms with Gasteiger partial charge in [0.1, 0.15) is 5.58 Å². The average molecular weight is 357 g/mol. The summed E-state index contributed by atoms with van der Waals surface area (Å²) < 4.78 is 10.3. The van der Waals surface area contributed by atoms with Crippen molar-refractivity contribution in [3.05, 3.63) is 68.7 Å². The molecule has 1 atom stereocenters. The number of carbonyl (C=O) groups excluding carboxylic acids is 2. The number of para-hydroxylation sites is 1. The number of hydrogen-bond acceptors (Lipinski definition) is 6. The van der Waals surface area contributed by atoms with Gasteiger partial charge in [0.05, 0.1) is 11.4 Å². The van der Waals surface area contributed by atoms with Crippen LogP contribution in [0.3, 0.4) is 0 Å². The fraction of sp³-hybridized carbons (Fsp3) is 0.167. The molecule has 1 aromatic carbocycles. The molecule has 0 radical (unpaired) electrons. The van der Waals surface area contributed by atoms with Gasteiger partial charge in [-0.1, -0.05) is 18.2 Å². The summed E-state index contributed by atoms with van der Waals surface area (Å²) in [4.78, 5) is 36.9. The van der Waals surface area contributed by atoms with Gasteiger partial charge in [0.15, 0.2) is 12.0 Å². The summed E-state index contributed by atoms with van der Waals surface area (Å²) in [6.45, 7) is 1.39. The number of carbonyl (C=O) groups is 2. The molecule has 0 aliphatic carbocycles. The zero-order valence-corrected chi connectivity index (χ0v) is 14.2. The highest BCUT2D eigenvalue weighted by Gasteiger charge is 2.16. The van der Waals surface area contributed by atoms with Gasteiger partial charge in [-0.2, -0.15) is 0 Å². The predicted molar refractivity (Wildman–Crippen MR) is 93.6 cm³/mol. The van der Waals surface area contributed by atoms with Crippen LogP contribution >= 0.6 is 11.3 Å². The van der Waals surface area contributed by atoms with Crippen molar-refractivity contribution in [2.75, 3.05) is 6.61 Å². The fourth-order valence-electron chi connectivity index (χ4n) is 2.30. The molecule has 0 saturated carbocycles. The molecule has 1 amide bonds. The van der Waals surface area contributed by atoms with Crippen molar-refractivity contribution in [2.24, 2.45) is 0 Å². The van der Waals surface area contributed by atoms with E-state index in [-0.39, 0.29) is 22.8 Å². The van der Waals surface area contributed by atoms with Crippen molar-refractivity contribution >= 4 is 34.2 Å². The Balaban J connectivity index is 1.62. The second-order valence-corrected chi connectivity index (χ2v) is 6.33. The number of rotatable bonds is 5. The summed E-state index contributed by atoms with van der Waals surface area (Å²) in [5, 5.41) is 5.02. The van der Waals surface area contributed by atoms with Crippen LogP contribution in [0.1, 0.15) is 28.4 Å². The van der Waals surface area contributed by atoms with Crippen molar-refractivity contribution < 1.29 is 18.7 Å². The quantitative estimate of drug-likeness (QED) is 0.710. The van der Waals surface area contributed by atoms with E-state index in [9.17, 15) is 14.4 Å². The van der Waals surface area contributed by atoms with Crippen LogP contribution in [0.15, 0.2) is 57.1 Å². The third-order valence-electron chi connectivity index (χ3n) is 3.52. The second kappa shape index (κ2) is 7.31. The lowest BCUT2D eigenvalue weighted by Gasteiger charge is -2.12. The molecule has 0 spiro atoms. The van der Waals surface area contributed by atoms with Crippen molar-refractivity contribution in [3.63, 3.8) is 0 Å². The Bertz CT molecular complexity index is 961. The first kappa shape index (κ1) is 16.9. The molecule has 2 aromatic heterocycles. The van der Waals surface area contributed by atoms with Crippen molar-refractivity contribution in [2.45, 2.75) is 13.0 Å². The highest BCUT2D eigenvalue weighted by atomic mass is 32.1. The molecule has 0 bridgehead atoms. The molecule has 3 aromatic rings. The van der Waals surface area contributed by atoms with Crippen LogP contribution in [0.2, 0.25) is 0 Å². The van der Waals surface area contributed by atoms with E-state index in [0.717, 1.165) is 10.9 Å². The minimum Gasteiger partial charge on any atom is -0.450 e. The number of ether oxygens (including phenoxy) is 1.